The first kappa shape index (κ1) is 15.5. The molecule has 0 radical (unpaired) electrons. The zero-order valence-corrected chi connectivity index (χ0v) is 11.7. The number of hydrogen-bond donors (Lipinski definition) is 3. The standard InChI is InChI=1S/C13H20BNO4/c1-9(15-12(16)19-13(2,3)4)10-6-5-7-11(8-10)14(17)18/h5-9,17-18H,1-4H3,(H,15,16). The Kier molecular flexibility index (Phi) is 4.97. The van der Waals surface area contributed by atoms with Crippen LogP contribution in [0.15, 0.2) is 24.3 Å². The van der Waals surface area contributed by atoms with Crippen LogP contribution in [0.2, 0.25) is 0 Å². The van der Waals surface area contributed by atoms with E-state index in [1.165, 1.54) is 0 Å². The zero-order chi connectivity index (χ0) is 14.6. The second kappa shape index (κ2) is 6.08. The Morgan fingerprint density at radius 3 is 2.53 bits per heavy atom. The van der Waals surface area contributed by atoms with Gasteiger partial charge in [-0.1, -0.05) is 24.3 Å². The molecule has 0 heterocycles. The Balaban J connectivity index is 2.70. The van der Waals surface area contributed by atoms with Crippen LogP contribution >= 0.6 is 0 Å². The van der Waals surface area contributed by atoms with Gasteiger partial charge in [0.25, 0.3) is 0 Å². The Hall–Kier alpha value is -1.53. The molecular formula is C13H20BNO4. The summed E-state index contributed by atoms with van der Waals surface area (Å²) in [5, 5.41) is 20.9. The third-order valence-corrected chi connectivity index (χ3v) is 2.44. The molecule has 6 heteroatoms. The molecule has 5 nitrogen and oxygen atoms in total. The minimum Gasteiger partial charge on any atom is -0.444 e. The summed E-state index contributed by atoms with van der Waals surface area (Å²) >= 11 is 0. The lowest BCUT2D eigenvalue weighted by molar-refractivity contribution is 0.0508. The van der Waals surface area contributed by atoms with Crippen molar-refractivity contribution < 1.29 is 19.6 Å². The van der Waals surface area contributed by atoms with Crippen molar-refractivity contribution in [3.63, 3.8) is 0 Å². The highest BCUT2D eigenvalue weighted by molar-refractivity contribution is 6.58. The highest BCUT2D eigenvalue weighted by Gasteiger charge is 2.19. The van der Waals surface area contributed by atoms with Crippen LogP contribution in [0, 0.1) is 0 Å². The van der Waals surface area contributed by atoms with Gasteiger partial charge in [0.15, 0.2) is 0 Å². The third-order valence-electron chi connectivity index (χ3n) is 2.44. The molecule has 3 N–H and O–H groups in total. The summed E-state index contributed by atoms with van der Waals surface area (Å²) in [6, 6.07) is 6.46. The summed E-state index contributed by atoms with van der Waals surface area (Å²) in [5.74, 6) is 0. The molecule has 1 amide bonds. The van der Waals surface area contributed by atoms with Gasteiger partial charge in [-0.2, -0.15) is 0 Å². The average Bonchev–Trinajstić information content (AvgIpc) is 2.26. The van der Waals surface area contributed by atoms with Crippen molar-refractivity contribution >= 4 is 18.7 Å². The van der Waals surface area contributed by atoms with Gasteiger partial charge >= 0.3 is 13.2 Å². The zero-order valence-electron chi connectivity index (χ0n) is 11.7. The van der Waals surface area contributed by atoms with Crippen molar-refractivity contribution in [2.45, 2.75) is 39.3 Å². The third kappa shape index (κ3) is 5.32. The monoisotopic (exact) mass is 265 g/mol. The number of nitrogens with one attached hydrogen (secondary N) is 1. The molecule has 1 aromatic carbocycles. The molecule has 0 spiro atoms. The Bertz CT molecular complexity index is 443. The first-order valence-corrected chi connectivity index (χ1v) is 6.14. The maximum Gasteiger partial charge on any atom is 0.488 e. The van der Waals surface area contributed by atoms with E-state index in [-0.39, 0.29) is 6.04 Å². The van der Waals surface area contributed by atoms with E-state index >= 15 is 0 Å². The van der Waals surface area contributed by atoms with E-state index in [0.717, 1.165) is 5.56 Å². The van der Waals surface area contributed by atoms with Gasteiger partial charge < -0.3 is 20.1 Å². The quantitative estimate of drug-likeness (QED) is 0.711. The smallest absolute Gasteiger partial charge is 0.444 e. The number of ether oxygens (including phenoxy) is 1. The maximum atomic E-state index is 11.6. The Morgan fingerprint density at radius 1 is 1.37 bits per heavy atom. The normalized spacial score (nSPS) is 12.7. The first-order valence-electron chi connectivity index (χ1n) is 6.14. The van der Waals surface area contributed by atoms with Gasteiger partial charge in [-0.15, -0.1) is 0 Å². The van der Waals surface area contributed by atoms with E-state index in [4.69, 9.17) is 14.8 Å². The fraction of sp³-hybridized carbons (Fsp3) is 0.462. The van der Waals surface area contributed by atoms with Crippen LogP contribution < -0.4 is 10.8 Å². The number of rotatable bonds is 3. The number of amides is 1. The fourth-order valence-electron chi connectivity index (χ4n) is 1.56. The van der Waals surface area contributed by atoms with Crippen LogP contribution in [-0.2, 0) is 4.74 Å². The van der Waals surface area contributed by atoms with Crippen LogP contribution in [0.5, 0.6) is 0 Å². The lowest BCUT2D eigenvalue weighted by Crippen LogP contribution is -2.35. The molecule has 0 aliphatic rings. The van der Waals surface area contributed by atoms with Crippen molar-refractivity contribution in [1.29, 1.82) is 0 Å². The predicted octanol–water partition coefficient (Wildman–Crippen LogP) is 0.952. The van der Waals surface area contributed by atoms with Gasteiger partial charge in [-0.25, -0.2) is 4.79 Å². The maximum absolute atomic E-state index is 11.6. The van der Waals surface area contributed by atoms with Gasteiger partial charge in [0.05, 0.1) is 6.04 Å². The molecule has 0 aliphatic carbocycles. The van der Waals surface area contributed by atoms with E-state index < -0.39 is 18.8 Å². The second-order valence-corrected chi connectivity index (χ2v) is 5.41. The largest absolute Gasteiger partial charge is 0.488 e. The lowest BCUT2D eigenvalue weighted by atomic mass is 9.79. The van der Waals surface area contributed by atoms with E-state index in [0.29, 0.717) is 5.46 Å². The van der Waals surface area contributed by atoms with Crippen LogP contribution in [0.4, 0.5) is 4.79 Å². The van der Waals surface area contributed by atoms with Gasteiger partial charge in [-0.3, -0.25) is 0 Å². The molecule has 104 valence electrons. The lowest BCUT2D eigenvalue weighted by Gasteiger charge is -2.22. The number of benzene rings is 1. The molecule has 1 atom stereocenters. The second-order valence-electron chi connectivity index (χ2n) is 5.41. The molecule has 1 aromatic rings. The molecule has 0 bridgehead atoms. The van der Waals surface area contributed by atoms with Crippen molar-refractivity contribution in [2.24, 2.45) is 0 Å². The number of alkyl carbamates (subject to hydrolysis) is 1. The Morgan fingerprint density at radius 2 is 2.00 bits per heavy atom. The van der Waals surface area contributed by atoms with E-state index in [1.54, 1.807) is 52.0 Å². The highest BCUT2D eigenvalue weighted by Crippen LogP contribution is 2.13. The van der Waals surface area contributed by atoms with Crippen LogP contribution in [0.3, 0.4) is 0 Å². The molecule has 0 saturated heterocycles. The van der Waals surface area contributed by atoms with Gasteiger partial charge in [0, 0.05) is 0 Å². The minimum atomic E-state index is -1.52. The van der Waals surface area contributed by atoms with Crippen molar-refractivity contribution in [3.8, 4) is 0 Å². The van der Waals surface area contributed by atoms with Crippen molar-refractivity contribution in [3.05, 3.63) is 29.8 Å². The number of hydrogen-bond acceptors (Lipinski definition) is 4. The summed E-state index contributed by atoms with van der Waals surface area (Å²) in [6.07, 6.45) is -0.505. The van der Waals surface area contributed by atoms with Crippen molar-refractivity contribution in [2.75, 3.05) is 0 Å². The van der Waals surface area contributed by atoms with E-state index in [2.05, 4.69) is 5.32 Å². The highest BCUT2D eigenvalue weighted by atomic mass is 16.6. The summed E-state index contributed by atoms with van der Waals surface area (Å²) in [5.41, 5.74) is 0.610. The summed E-state index contributed by atoms with van der Waals surface area (Å²) < 4.78 is 5.16. The summed E-state index contributed by atoms with van der Waals surface area (Å²) in [6.45, 7) is 7.17. The van der Waals surface area contributed by atoms with E-state index in [1.807, 2.05) is 0 Å². The number of carbonyl (C=O) groups is 1. The summed E-state index contributed by atoms with van der Waals surface area (Å²) in [7, 11) is -1.52. The first-order chi connectivity index (χ1) is 8.69. The molecule has 0 fully saturated rings. The van der Waals surface area contributed by atoms with E-state index in [9.17, 15) is 4.79 Å². The SMILES string of the molecule is CC(NC(=O)OC(C)(C)C)c1cccc(B(O)O)c1. The molecular weight excluding hydrogens is 245 g/mol. The Labute approximate surface area is 113 Å². The molecule has 0 aromatic heterocycles. The van der Waals surface area contributed by atoms with Crippen LogP contribution in [0.25, 0.3) is 0 Å². The van der Waals surface area contributed by atoms with Gasteiger partial charge in [0.1, 0.15) is 5.60 Å². The van der Waals surface area contributed by atoms with Gasteiger partial charge in [-0.05, 0) is 38.7 Å². The van der Waals surface area contributed by atoms with Gasteiger partial charge in [0.2, 0.25) is 0 Å². The molecule has 1 unspecified atom stereocenters. The molecule has 1 rings (SSSR count). The minimum absolute atomic E-state index is 0.284. The summed E-state index contributed by atoms with van der Waals surface area (Å²) in [4.78, 5) is 11.6. The molecule has 0 saturated carbocycles. The topological polar surface area (TPSA) is 78.8 Å². The predicted molar refractivity (Wildman–Crippen MR) is 74.1 cm³/mol. The average molecular weight is 265 g/mol. The van der Waals surface area contributed by atoms with Crippen LogP contribution in [0.1, 0.15) is 39.3 Å². The molecule has 0 aliphatic heterocycles. The molecule has 19 heavy (non-hydrogen) atoms. The van der Waals surface area contributed by atoms with Crippen molar-refractivity contribution in [1.82, 2.24) is 5.32 Å². The van der Waals surface area contributed by atoms with Crippen LogP contribution in [-0.4, -0.2) is 28.9 Å². The number of carbonyl (C=O) groups excluding carboxylic acids is 1. The fourth-order valence-corrected chi connectivity index (χ4v) is 1.56.